The first-order valence-electron chi connectivity index (χ1n) is 7.04. The summed E-state index contributed by atoms with van der Waals surface area (Å²) in [6.45, 7) is -0.145. The predicted octanol–water partition coefficient (Wildman–Crippen LogP) is 0.346. The molecule has 1 aliphatic rings. The predicted molar refractivity (Wildman–Crippen MR) is 86.5 cm³/mol. The lowest BCUT2D eigenvalue weighted by molar-refractivity contribution is -0.118. The molecule has 0 fully saturated rings. The van der Waals surface area contributed by atoms with Crippen LogP contribution in [0.3, 0.4) is 0 Å². The van der Waals surface area contributed by atoms with Gasteiger partial charge < -0.3 is 15.2 Å². The second-order valence-electron chi connectivity index (χ2n) is 5.07. The van der Waals surface area contributed by atoms with Gasteiger partial charge in [0.2, 0.25) is 0 Å². The molecule has 4 N–H and O–H groups in total. The van der Waals surface area contributed by atoms with Gasteiger partial charge in [0.25, 0.3) is 21.8 Å². The molecular weight excluding hydrogens is 350 g/mol. The van der Waals surface area contributed by atoms with Crippen molar-refractivity contribution < 1.29 is 27.9 Å². The van der Waals surface area contributed by atoms with Crippen molar-refractivity contribution in [2.75, 3.05) is 11.9 Å². The van der Waals surface area contributed by atoms with Crippen LogP contribution in [0.25, 0.3) is 0 Å². The molecule has 0 spiro atoms. The Kier molecular flexibility index (Phi) is 4.30. The van der Waals surface area contributed by atoms with Crippen molar-refractivity contribution in [3.63, 3.8) is 0 Å². The van der Waals surface area contributed by atoms with Crippen molar-refractivity contribution >= 4 is 27.5 Å². The summed E-state index contributed by atoms with van der Waals surface area (Å²) in [6, 6.07) is 9.56. The number of hydrogen-bond donors (Lipinski definition) is 4. The van der Waals surface area contributed by atoms with Crippen LogP contribution in [0.4, 0.5) is 5.69 Å². The highest BCUT2D eigenvalue weighted by Gasteiger charge is 2.22. The molecule has 0 atom stereocenters. The van der Waals surface area contributed by atoms with E-state index in [1.54, 1.807) is 0 Å². The summed E-state index contributed by atoms with van der Waals surface area (Å²) in [5.41, 5.74) is 2.14. The van der Waals surface area contributed by atoms with Gasteiger partial charge in [-0.15, -0.1) is 4.83 Å². The maximum absolute atomic E-state index is 12.3. The van der Waals surface area contributed by atoms with Crippen LogP contribution in [0.15, 0.2) is 47.4 Å². The Labute approximate surface area is 142 Å². The maximum atomic E-state index is 12.3. The zero-order valence-electron chi connectivity index (χ0n) is 12.6. The van der Waals surface area contributed by atoms with Crippen molar-refractivity contribution in [2.45, 2.75) is 4.90 Å². The molecule has 0 aromatic heterocycles. The number of ether oxygens (including phenoxy) is 1. The fourth-order valence-corrected chi connectivity index (χ4v) is 3.00. The maximum Gasteiger partial charge on any atom is 0.269 e. The molecule has 10 heteroatoms. The van der Waals surface area contributed by atoms with E-state index in [4.69, 9.17) is 4.74 Å². The Hall–Kier alpha value is -3.11. The van der Waals surface area contributed by atoms with Crippen LogP contribution in [0.2, 0.25) is 0 Å². The number of anilines is 1. The van der Waals surface area contributed by atoms with E-state index < -0.39 is 21.8 Å². The van der Waals surface area contributed by atoms with Crippen LogP contribution < -0.4 is 20.3 Å². The molecule has 3 rings (SSSR count). The van der Waals surface area contributed by atoms with E-state index in [0.717, 1.165) is 0 Å². The minimum Gasteiger partial charge on any atom is -0.507 e. The third-order valence-electron chi connectivity index (χ3n) is 3.34. The number of rotatable bonds is 4. The lowest BCUT2D eigenvalue weighted by Crippen LogP contribution is -2.41. The largest absolute Gasteiger partial charge is 0.507 e. The highest BCUT2D eigenvalue weighted by molar-refractivity contribution is 7.89. The van der Waals surface area contributed by atoms with Crippen LogP contribution in [0, 0.1) is 0 Å². The van der Waals surface area contributed by atoms with E-state index in [9.17, 15) is 23.1 Å². The molecule has 2 aromatic carbocycles. The van der Waals surface area contributed by atoms with E-state index >= 15 is 0 Å². The monoisotopic (exact) mass is 363 g/mol. The van der Waals surface area contributed by atoms with E-state index in [1.807, 2.05) is 10.3 Å². The molecule has 1 aliphatic heterocycles. The first kappa shape index (κ1) is 16.7. The van der Waals surface area contributed by atoms with Crippen molar-refractivity contribution in [1.82, 2.24) is 10.3 Å². The molecule has 130 valence electrons. The number of aromatic hydroxyl groups is 1. The number of benzene rings is 2. The Morgan fingerprint density at radius 3 is 2.72 bits per heavy atom. The third kappa shape index (κ3) is 3.54. The standard InChI is InChI=1S/C15H13N3O6S/c19-12-4-2-1-3-10(12)15(21)17-18-25(22,23)9-5-6-13-11(7-9)16-14(20)8-24-13/h1-7,18-19H,8H2,(H,16,20)(H,17,21). The lowest BCUT2D eigenvalue weighted by Gasteiger charge is -2.18. The fraction of sp³-hybridized carbons (Fsp3) is 0.0667. The van der Waals surface area contributed by atoms with Gasteiger partial charge in [0.15, 0.2) is 6.61 Å². The molecular formula is C15H13N3O6S. The van der Waals surface area contributed by atoms with Gasteiger partial charge in [-0.05, 0) is 30.3 Å². The fourth-order valence-electron chi connectivity index (χ4n) is 2.13. The van der Waals surface area contributed by atoms with Gasteiger partial charge in [-0.25, -0.2) is 8.42 Å². The molecule has 2 aromatic rings. The quantitative estimate of drug-likeness (QED) is 0.579. The Balaban J connectivity index is 1.76. The highest BCUT2D eigenvalue weighted by atomic mass is 32.2. The molecule has 9 nitrogen and oxygen atoms in total. The SMILES string of the molecule is O=C1COc2ccc(S(=O)(=O)NNC(=O)c3ccccc3O)cc2N1. The zero-order chi connectivity index (χ0) is 18.0. The van der Waals surface area contributed by atoms with E-state index in [0.29, 0.717) is 5.75 Å². The Bertz CT molecular complexity index is 957. The highest BCUT2D eigenvalue weighted by Crippen LogP contribution is 2.29. The first-order valence-corrected chi connectivity index (χ1v) is 8.52. The molecule has 1 heterocycles. The van der Waals surface area contributed by atoms with Gasteiger partial charge in [0.1, 0.15) is 11.5 Å². The number of carbonyl (C=O) groups excluding carboxylic acids is 2. The minimum atomic E-state index is -4.10. The zero-order valence-corrected chi connectivity index (χ0v) is 13.5. The summed E-state index contributed by atoms with van der Waals surface area (Å²) < 4.78 is 29.7. The minimum absolute atomic E-state index is 0.0868. The molecule has 2 amide bonds. The number of carbonyl (C=O) groups is 2. The van der Waals surface area contributed by atoms with Gasteiger partial charge in [0.05, 0.1) is 16.1 Å². The Morgan fingerprint density at radius 2 is 1.96 bits per heavy atom. The van der Waals surface area contributed by atoms with Crippen molar-refractivity contribution in [1.29, 1.82) is 0 Å². The number of nitrogens with one attached hydrogen (secondary N) is 3. The summed E-state index contributed by atoms with van der Waals surface area (Å²) >= 11 is 0. The lowest BCUT2D eigenvalue weighted by atomic mass is 10.2. The number of hydrazine groups is 1. The van der Waals surface area contributed by atoms with Gasteiger partial charge in [-0.2, -0.15) is 0 Å². The van der Waals surface area contributed by atoms with Gasteiger partial charge >= 0.3 is 0 Å². The second kappa shape index (κ2) is 6.42. The van der Waals surface area contributed by atoms with Gasteiger partial charge in [0, 0.05) is 0 Å². The molecule has 0 saturated heterocycles. The number of para-hydroxylation sites is 1. The van der Waals surface area contributed by atoms with Crippen LogP contribution in [0.1, 0.15) is 10.4 Å². The van der Waals surface area contributed by atoms with E-state index in [1.165, 1.54) is 42.5 Å². The number of fused-ring (bicyclic) bond motifs is 1. The molecule has 0 bridgehead atoms. The summed E-state index contributed by atoms with van der Waals surface area (Å²) in [4.78, 5) is 25.0. The number of phenolic OH excluding ortho intramolecular Hbond substituents is 1. The summed E-state index contributed by atoms with van der Waals surface area (Å²) in [5, 5.41) is 12.1. The average molecular weight is 363 g/mol. The van der Waals surface area contributed by atoms with Crippen LogP contribution >= 0.6 is 0 Å². The number of phenols is 1. The number of sulfonamides is 1. The van der Waals surface area contributed by atoms with Crippen molar-refractivity contribution in [3.8, 4) is 11.5 Å². The summed E-state index contributed by atoms with van der Waals surface area (Å²) in [6.07, 6.45) is 0. The first-order chi connectivity index (χ1) is 11.9. The van der Waals surface area contributed by atoms with Gasteiger partial charge in [-0.3, -0.25) is 15.0 Å². The second-order valence-corrected chi connectivity index (χ2v) is 6.75. The molecule has 25 heavy (non-hydrogen) atoms. The smallest absolute Gasteiger partial charge is 0.269 e. The third-order valence-corrected chi connectivity index (χ3v) is 4.59. The molecule has 0 aliphatic carbocycles. The van der Waals surface area contributed by atoms with Crippen LogP contribution in [-0.4, -0.2) is 31.9 Å². The van der Waals surface area contributed by atoms with Crippen molar-refractivity contribution in [3.05, 3.63) is 48.0 Å². The van der Waals surface area contributed by atoms with Crippen molar-refractivity contribution in [2.24, 2.45) is 0 Å². The Morgan fingerprint density at radius 1 is 1.20 bits per heavy atom. The van der Waals surface area contributed by atoms with Crippen LogP contribution in [0.5, 0.6) is 11.5 Å². The normalized spacial score (nSPS) is 13.4. The molecule has 0 saturated carbocycles. The average Bonchev–Trinajstić information content (AvgIpc) is 2.59. The topological polar surface area (TPSA) is 134 Å². The van der Waals surface area contributed by atoms with Gasteiger partial charge in [-0.1, -0.05) is 12.1 Å². The summed E-state index contributed by atoms with van der Waals surface area (Å²) in [5.74, 6) is -1.16. The van der Waals surface area contributed by atoms with E-state index in [-0.39, 0.29) is 28.5 Å². The van der Waals surface area contributed by atoms with E-state index in [2.05, 4.69) is 5.32 Å². The molecule has 0 radical (unpaired) electrons. The molecule has 0 unspecified atom stereocenters. The van der Waals surface area contributed by atoms with Crippen LogP contribution in [-0.2, 0) is 14.8 Å². The number of hydrogen-bond acceptors (Lipinski definition) is 6. The number of amides is 2. The summed E-state index contributed by atoms with van der Waals surface area (Å²) in [7, 11) is -4.10.